The predicted octanol–water partition coefficient (Wildman–Crippen LogP) is -0.330. The van der Waals surface area contributed by atoms with Crippen LogP contribution in [0.25, 0.3) is 11.0 Å². The summed E-state index contributed by atoms with van der Waals surface area (Å²) >= 11 is 0. The largest absolute Gasteiger partial charge is 0.496 e. The van der Waals surface area contributed by atoms with Gasteiger partial charge in [0.15, 0.2) is 0 Å². The summed E-state index contributed by atoms with van der Waals surface area (Å²) in [6.45, 7) is 4.32. The van der Waals surface area contributed by atoms with E-state index in [2.05, 4.69) is 15.0 Å². The standard InChI is InChI=1S/C15H15B2N5O/c1-7-10(19-12(16)8(2)11(7)23-3)6-22-5-4-9-13(17)20-15(18)21-14(9)22/h4-5H,6H2,1-3H3,(H2,18,20,21). The van der Waals surface area contributed by atoms with Gasteiger partial charge in [0.25, 0.3) is 0 Å². The lowest BCUT2D eigenvalue weighted by Crippen LogP contribution is -2.19. The van der Waals surface area contributed by atoms with Crippen LogP contribution in [0, 0.1) is 13.8 Å². The molecule has 0 aliphatic carbocycles. The van der Waals surface area contributed by atoms with E-state index in [1.54, 1.807) is 7.11 Å². The maximum atomic E-state index is 5.99. The minimum absolute atomic E-state index is 0.139. The fourth-order valence-corrected chi connectivity index (χ4v) is 2.70. The number of fused-ring (bicyclic) bond motifs is 1. The number of pyridine rings is 1. The third-order valence-electron chi connectivity index (χ3n) is 3.94. The lowest BCUT2D eigenvalue weighted by Gasteiger charge is -2.16. The number of ether oxygens (including phenoxy) is 1. The molecule has 0 aliphatic heterocycles. The monoisotopic (exact) mass is 303 g/mol. The highest BCUT2D eigenvalue weighted by Gasteiger charge is 2.14. The van der Waals surface area contributed by atoms with E-state index in [9.17, 15) is 0 Å². The molecule has 0 bridgehead atoms. The first-order chi connectivity index (χ1) is 10.9. The summed E-state index contributed by atoms with van der Waals surface area (Å²) in [5.41, 5.74) is 9.75. The topological polar surface area (TPSA) is 78.9 Å². The molecule has 0 aliphatic rings. The van der Waals surface area contributed by atoms with Crippen LogP contribution < -0.4 is 21.7 Å². The Hall–Kier alpha value is -2.50. The highest BCUT2D eigenvalue weighted by molar-refractivity contribution is 6.36. The second kappa shape index (κ2) is 5.61. The highest BCUT2D eigenvalue weighted by Crippen LogP contribution is 2.24. The average Bonchev–Trinajstić information content (AvgIpc) is 2.89. The van der Waals surface area contributed by atoms with Crippen LogP contribution in [0.1, 0.15) is 16.8 Å². The van der Waals surface area contributed by atoms with Crippen LogP contribution in [0.4, 0.5) is 5.95 Å². The van der Waals surface area contributed by atoms with Gasteiger partial charge >= 0.3 is 0 Å². The zero-order chi connectivity index (χ0) is 16.7. The van der Waals surface area contributed by atoms with E-state index in [1.807, 2.05) is 30.7 Å². The van der Waals surface area contributed by atoms with Crippen molar-refractivity contribution in [2.45, 2.75) is 20.4 Å². The predicted molar refractivity (Wildman–Crippen MR) is 92.1 cm³/mol. The molecule has 3 heterocycles. The van der Waals surface area contributed by atoms with Crippen LogP contribution in [-0.4, -0.2) is 42.3 Å². The second-order valence-electron chi connectivity index (χ2n) is 5.37. The Kier molecular flexibility index (Phi) is 3.75. The molecular weight excluding hydrogens is 288 g/mol. The average molecular weight is 303 g/mol. The van der Waals surface area contributed by atoms with E-state index in [4.69, 9.17) is 26.2 Å². The van der Waals surface area contributed by atoms with Gasteiger partial charge in [0.05, 0.1) is 19.3 Å². The number of nitrogens with two attached hydrogens (primary N) is 1. The third-order valence-corrected chi connectivity index (χ3v) is 3.94. The van der Waals surface area contributed by atoms with Gasteiger partial charge in [0, 0.05) is 28.3 Å². The van der Waals surface area contributed by atoms with Gasteiger partial charge in [0.1, 0.15) is 27.1 Å². The number of aromatic nitrogens is 4. The SMILES string of the molecule is [B]c1nc(Cn2ccc3c([B])nc(N)nc32)c(C)c(OC)c1C. The van der Waals surface area contributed by atoms with Gasteiger partial charge in [-0.15, -0.1) is 0 Å². The van der Waals surface area contributed by atoms with E-state index in [-0.39, 0.29) is 5.95 Å². The number of methoxy groups -OCH3 is 1. The summed E-state index contributed by atoms with van der Waals surface area (Å²) in [7, 11) is 13.5. The van der Waals surface area contributed by atoms with Crippen LogP contribution >= 0.6 is 0 Å². The zero-order valence-electron chi connectivity index (χ0n) is 13.3. The summed E-state index contributed by atoms with van der Waals surface area (Å²) in [4.78, 5) is 12.7. The van der Waals surface area contributed by atoms with Crippen LogP contribution in [-0.2, 0) is 6.54 Å². The molecule has 3 aromatic rings. The molecule has 3 aromatic heterocycles. The third kappa shape index (κ3) is 2.54. The van der Waals surface area contributed by atoms with Gasteiger partial charge < -0.3 is 15.0 Å². The Labute approximate surface area is 136 Å². The normalized spacial score (nSPS) is 11.1. The van der Waals surface area contributed by atoms with Crippen molar-refractivity contribution in [3.8, 4) is 5.75 Å². The summed E-state index contributed by atoms with van der Waals surface area (Å²) in [5, 5.41) is 0.754. The first-order valence-corrected chi connectivity index (χ1v) is 7.09. The number of hydrogen-bond donors (Lipinski definition) is 1. The molecule has 112 valence electrons. The molecule has 0 saturated carbocycles. The molecule has 8 heteroatoms. The Balaban J connectivity index is 2.12. The van der Waals surface area contributed by atoms with Crippen LogP contribution in [0.5, 0.6) is 5.75 Å². The summed E-state index contributed by atoms with van der Waals surface area (Å²) in [6.07, 6.45) is 1.87. The van der Waals surface area contributed by atoms with Gasteiger partial charge in [-0.1, -0.05) is 0 Å². The lowest BCUT2D eigenvalue weighted by molar-refractivity contribution is 0.407. The zero-order valence-corrected chi connectivity index (χ0v) is 13.3. The fraction of sp³-hybridized carbons (Fsp3) is 0.267. The van der Waals surface area contributed by atoms with Crippen molar-refractivity contribution in [1.82, 2.24) is 19.5 Å². The van der Waals surface area contributed by atoms with Crippen molar-refractivity contribution in [2.75, 3.05) is 12.8 Å². The van der Waals surface area contributed by atoms with Crippen molar-refractivity contribution >= 4 is 43.9 Å². The lowest BCUT2D eigenvalue weighted by atomic mass is 9.95. The molecule has 23 heavy (non-hydrogen) atoms. The second-order valence-corrected chi connectivity index (χ2v) is 5.37. The smallest absolute Gasteiger partial charge is 0.221 e. The molecule has 0 amide bonds. The highest BCUT2D eigenvalue weighted by atomic mass is 16.5. The molecule has 0 fully saturated rings. The van der Waals surface area contributed by atoms with E-state index < -0.39 is 0 Å². The van der Waals surface area contributed by atoms with Gasteiger partial charge in [-0.05, 0) is 25.5 Å². The summed E-state index contributed by atoms with van der Waals surface area (Å²) < 4.78 is 7.36. The van der Waals surface area contributed by atoms with Crippen LogP contribution in [0.3, 0.4) is 0 Å². The molecule has 4 radical (unpaired) electrons. The van der Waals surface area contributed by atoms with Crippen LogP contribution in [0.2, 0.25) is 0 Å². The fourth-order valence-electron chi connectivity index (χ4n) is 2.70. The van der Waals surface area contributed by atoms with Crippen molar-refractivity contribution in [2.24, 2.45) is 0 Å². The van der Waals surface area contributed by atoms with Crippen LogP contribution in [0.15, 0.2) is 12.3 Å². The van der Waals surface area contributed by atoms with Gasteiger partial charge in [0.2, 0.25) is 5.95 Å². The molecule has 0 saturated heterocycles. The quantitative estimate of drug-likeness (QED) is 0.670. The first kappa shape index (κ1) is 15.4. The summed E-state index contributed by atoms with van der Waals surface area (Å²) in [5.74, 6) is 0.887. The van der Waals surface area contributed by atoms with Crippen molar-refractivity contribution in [3.63, 3.8) is 0 Å². The Morgan fingerprint density at radius 1 is 1.13 bits per heavy atom. The minimum atomic E-state index is 0.139. The molecule has 0 unspecified atom stereocenters. The van der Waals surface area contributed by atoms with E-state index in [0.29, 0.717) is 23.4 Å². The molecule has 6 nitrogen and oxygen atoms in total. The number of hydrogen-bond acceptors (Lipinski definition) is 5. The molecule has 0 atom stereocenters. The maximum absolute atomic E-state index is 5.99. The van der Waals surface area contributed by atoms with Crippen molar-refractivity contribution in [1.29, 1.82) is 0 Å². The number of anilines is 1. The number of rotatable bonds is 3. The molecular formula is C15H15B2N5O. The Morgan fingerprint density at radius 3 is 2.57 bits per heavy atom. The van der Waals surface area contributed by atoms with Gasteiger partial charge in [-0.2, -0.15) is 4.98 Å². The number of nitrogen functional groups attached to an aromatic ring is 1. The van der Waals surface area contributed by atoms with E-state index in [0.717, 1.165) is 28.0 Å². The Bertz CT molecular complexity index is 907. The molecule has 0 aromatic carbocycles. The van der Waals surface area contributed by atoms with Gasteiger partial charge in [-0.25, -0.2) is 4.98 Å². The molecule has 0 spiro atoms. The Morgan fingerprint density at radius 2 is 1.87 bits per heavy atom. The van der Waals surface area contributed by atoms with E-state index in [1.165, 1.54) is 0 Å². The van der Waals surface area contributed by atoms with Gasteiger partial charge in [-0.3, -0.25) is 4.98 Å². The van der Waals surface area contributed by atoms with E-state index >= 15 is 0 Å². The van der Waals surface area contributed by atoms with Crippen molar-refractivity contribution < 1.29 is 4.74 Å². The molecule has 3 rings (SSSR count). The number of nitrogens with zero attached hydrogens (tertiary/aromatic N) is 4. The first-order valence-electron chi connectivity index (χ1n) is 7.09. The summed E-state index contributed by atoms with van der Waals surface area (Å²) in [6, 6.07) is 1.86. The molecule has 2 N–H and O–H groups in total. The minimum Gasteiger partial charge on any atom is -0.496 e. The van der Waals surface area contributed by atoms with Crippen molar-refractivity contribution in [3.05, 3.63) is 29.1 Å². The maximum Gasteiger partial charge on any atom is 0.221 e.